The summed E-state index contributed by atoms with van der Waals surface area (Å²) in [4.78, 5) is 13.9. The topological polar surface area (TPSA) is 175 Å². The maximum Gasteiger partial charge on any atom is 0.314 e. The smallest absolute Gasteiger partial charge is 0.314 e. The minimum absolute atomic E-state index is 0.00840. The Morgan fingerprint density at radius 3 is 2.29 bits per heavy atom. The van der Waals surface area contributed by atoms with Gasteiger partial charge in [-0.1, -0.05) is 45.4 Å². The molecule has 11 heteroatoms. The van der Waals surface area contributed by atoms with Gasteiger partial charge in [0.25, 0.3) is 0 Å². The molecule has 1 aromatic rings. The van der Waals surface area contributed by atoms with Crippen molar-refractivity contribution in [3.8, 4) is 0 Å². The number of aryl methyl sites for hydroxylation is 1. The van der Waals surface area contributed by atoms with Crippen LogP contribution >= 0.6 is 0 Å². The first-order valence-electron chi connectivity index (χ1n) is 15.1. The molecule has 3 fully saturated rings. The van der Waals surface area contributed by atoms with Gasteiger partial charge in [-0.05, 0) is 66.5 Å². The third kappa shape index (κ3) is 5.41. The van der Waals surface area contributed by atoms with Gasteiger partial charge in [-0.15, -0.1) is 0 Å². The van der Waals surface area contributed by atoms with Gasteiger partial charge in [0.1, 0.15) is 42.7 Å². The maximum atomic E-state index is 13.9. The summed E-state index contributed by atoms with van der Waals surface area (Å²) in [5, 5.41) is 61.1. The van der Waals surface area contributed by atoms with Crippen molar-refractivity contribution in [1.82, 2.24) is 0 Å². The van der Waals surface area contributed by atoms with Crippen molar-refractivity contribution in [2.75, 3.05) is 13.2 Å². The number of carbonyl (C=O) groups is 1. The highest BCUT2D eigenvalue weighted by Gasteiger charge is 2.57. The van der Waals surface area contributed by atoms with E-state index >= 15 is 0 Å². The zero-order chi connectivity index (χ0) is 30.6. The van der Waals surface area contributed by atoms with E-state index in [4.69, 9.17) is 18.9 Å². The highest BCUT2D eigenvalue weighted by molar-refractivity contribution is 5.78. The Bertz CT molecular complexity index is 1130. The molecule has 0 unspecified atom stereocenters. The van der Waals surface area contributed by atoms with E-state index in [0.717, 1.165) is 25.7 Å². The molecule has 1 aromatic carbocycles. The van der Waals surface area contributed by atoms with E-state index in [2.05, 4.69) is 39.0 Å². The van der Waals surface area contributed by atoms with Crippen LogP contribution in [0.25, 0.3) is 0 Å². The molecule has 1 saturated carbocycles. The molecule has 2 saturated heterocycles. The molecule has 11 nitrogen and oxygen atoms in total. The zero-order valence-electron chi connectivity index (χ0n) is 24.8. The summed E-state index contributed by atoms with van der Waals surface area (Å²) in [6, 6.07) is 6.70. The fourth-order valence-corrected chi connectivity index (χ4v) is 7.70. The number of hydrogen-bond donors (Lipinski definition) is 6. The summed E-state index contributed by atoms with van der Waals surface area (Å²) in [6.07, 6.45) is -8.95. The molecule has 2 heterocycles. The van der Waals surface area contributed by atoms with Crippen molar-refractivity contribution in [1.29, 1.82) is 0 Å². The van der Waals surface area contributed by atoms with Crippen LogP contribution in [0.5, 0.6) is 0 Å². The first-order valence-corrected chi connectivity index (χ1v) is 15.1. The molecule has 0 spiro atoms. The molecule has 0 bridgehead atoms. The van der Waals surface area contributed by atoms with Gasteiger partial charge in [0.05, 0.1) is 18.6 Å². The Labute approximate surface area is 246 Å². The molecule has 12 atom stereocenters. The lowest BCUT2D eigenvalue weighted by molar-refractivity contribution is -0.305. The van der Waals surface area contributed by atoms with Gasteiger partial charge >= 0.3 is 5.97 Å². The molecule has 42 heavy (non-hydrogen) atoms. The van der Waals surface area contributed by atoms with Gasteiger partial charge in [-0.2, -0.15) is 0 Å². The summed E-state index contributed by atoms with van der Waals surface area (Å²) < 4.78 is 22.3. The second kappa shape index (κ2) is 12.0. The van der Waals surface area contributed by atoms with Gasteiger partial charge in [-0.3, -0.25) is 4.79 Å². The molecule has 5 rings (SSSR count). The first-order chi connectivity index (χ1) is 19.8. The number of fused-ring (bicyclic) bond motifs is 3. The largest absolute Gasteiger partial charge is 0.432 e. The van der Waals surface area contributed by atoms with Gasteiger partial charge in [0.2, 0.25) is 6.29 Å². The standard InChI is InChI=1S/C31H46O11/c1-15(2)16-6-8-18-17(12-16)7-9-21-30(18,3)10-5-11-31(21,4)29(38)42-28-26(37)24(35)23(34)20(41-28)14-39-27-25(36)22(33)19(13-32)40-27/h6,8,12,15,19-28,32-37H,5,7,9-11,13-14H2,1-4H3/t19-,20+,21+,22-,23+,24-,25+,26+,27+,28-,30+,31+/m0/s1. The Morgan fingerprint density at radius 1 is 0.952 bits per heavy atom. The Kier molecular flexibility index (Phi) is 9.09. The Balaban J connectivity index is 1.29. The van der Waals surface area contributed by atoms with Crippen molar-refractivity contribution in [3.63, 3.8) is 0 Å². The number of ether oxygens (including phenoxy) is 4. The van der Waals surface area contributed by atoms with Crippen LogP contribution in [0, 0.1) is 11.3 Å². The summed E-state index contributed by atoms with van der Waals surface area (Å²) >= 11 is 0. The molecule has 236 valence electrons. The van der Waals surface area contributed by atoms with Crippen molar-refractivity contribution >= 4 is 5.97 Å². The van der Waals surface area contributed by atoms with Crippen LogP contribution in [0.4, 0.5) is 0 Å². The average Bonchev–Trinajstić information content (AvgIpc) is 3.24. The minimum Gasteiger partial charge on any atom is -0.432 e. The van der Waals surface area contributed by atoms with E-state index in [1.807, 2.05) is 6.92 Å². The molecule has 4 aliphatic rings. The Hall–Kier alpha value is -1.67. The Morgan fingerprint density at radius 2 is 1.62 bits per heavy atom. The number of esters is 1. The quantitative estimate of drug-likeness (QED) is 0.244. The minimum atomic E-state index is -1.70. The predicted molar refractivity (Wildman–Crippen MR) is 148 cm³/mol. The number of rotatable bonds is 7. The molecule has 2 aliphatic heterocycles. The number of aliphatic hydroxyl groups is 6. The predicted octanol–water partition coefficient (Wildman–Crippen LogP) is 0.627. The van der Waals surface area contributed by atoms with Crippen LogP contribution < -0.4 is 0 Å². The van der Waals surface area contributed by atoms with Crippen molar-refractivity contribution in [2.45, 2.75) is 126 Å². The van der Waals surface area contributed by atoms with Gasteiger partial charge in [-0.25, -0.2) is 0 Å². The lowest BCUT2D eigenvalue weighted by Gasteiger charge is -2.54. The summed E-state index contributed by atoms with van der Waals surface area (Å²) in [5.41, 5.74) is 2.81. The highest BCUT2D eigenvalue weighted by Crippen LogP contribution is 2.58. The molecule has 0 amide bonds. The average molecular weight is 595 g/mol. The van der Waals surface area contributed by atoms with E-state index in [1.54, 1.807) is 0 Å². The number of carbonyl (C=O) groups excluding carboxylic acids is 1. The van der Waals surface area contributed by atoms with E-state index < -0.39 is 79.9 Å². The number of benzene rings is 1. The summed E-state index contributed by atoms with van der Waals surface area (Å²) in [6.45, 7) is 7.55. The highest BCUT2D eigenvalue weighted by atomic mass is 16.7. The lowest BCUT2D eigenvalue weighted by Crippen LogP contribution is -2.61. The van der Waals surface area contributed by atoms with Crippen LogP contribution in [-0.4, -0.2) is 105 Å². The van der Waals surface area contributed by atoms with E-state index in [-0.39, 0.29) is 11.3 Å². The zero-order valence-corrected chi connectivity index (χ0v) is 24.8. The van der Waals surface area contributed by atoms with E-state index in [1.165, 1.54) is 16.7 Å². The van der Waals surface area contributed by atoms with Crippen LogP contribution in [0.3, 0.4) is 0 Å². The van der Waals surface area contributed by atoms with Gasteiger partial charge in [0.15, 0.2) is 6.29 Å². The van der Waals surface area contributed by atoms with Crippen LogP contribution in [0.1, 0.15) is 76.0 Å². The molecular formula is C31H46O11. The second-order valence-corrected chi connectivity index (χ2v) is 13.3. The molecule has 0 aromatic heterocycles. The first kappa shape index (κ1) is 31.7. The normalized spacial score (nSPS) is 43.6. The van der Waals surface area contributed by atoms with Crippen molar-refractivity contribution in [3.05, 3.63) is 34.9 Å². The second-order valence-electron chi connectivity index (χ2n) is 13.3. The van der Waals surface area contributed by atoms with E-state index in [9.17, 15) is 35.4 Å². The number of hydrogen-bond acceptors (Lipinski definition) is 11. The third-order valence-electron chi connectivity index (χ3n) is 10.3. The third-order valence-corrected chi connectivity index (χ3v) is 10.3. The van der Waals surface area contributed by atoms with Crippen molar-refractivity contribution < 1.29 is 54.4 Å². The lowest BCUT2D eigenvalue weighted by atomic mass is 9.49. The monoisotopic (exact) mass is 594 g/mol. The molecular weight excluding hydrogens is 548 g/mol. The fourth-order valence-electron chi connectivity index (χ4n) is 7.70. The molecule has 0 radical (unpaired) electrons. The van der Waals surface area contributed by atoms with Crippen LogP contribution in [0.15, 0.2) is 18.2 Å². The molecule has 2 aliphatic carbocycles. The van der Waals surface area contributed by atoms with Crippen LogP contribution in [-0.2, 0) is 35.6 Å². The number of aliphatic hydroxyl groups excluding tert-OH is 6. The SMILES string of the molecule is CC(C)c1ccc2c(c1)CC[C@H]1[C@](C)(C(=O)O[C@@H]3O[C@H](CO[C@@H]4O[C@@H](CO)[C@H](O)[C@H]4O)[C@@H](O)[C@H](O)[C@H]3O)CCC[C@]21C. The van der Waals surface area contributed by atoms with Crippen LogP contribution in [0.2, 0.25) is 0 Å². The summed E-state index contributed by atoms with van der Waals surface area (Å²) in [7, 11) is 0. The fraction of sp³-hybridized carbons (Fsp3) is 0.774. The summed E-state index contributed by atoms with van der Waals surface area (Å²) in [5.74, 6) is -0.111. The van der Waals surface area contributed by atoms with Crippen molar-refractivity contribution in [2.24, 2.45) is 11.3 Å². The molecule has 6 N–H and O–H groups in total. The van der Waals surface area contributed by atoms with E-state index in [0.29, 0.717) is 12.3 Å². The van der Waals surface area contributed by atoms with Gasteiger partial charge in [0, 0.05) is 0 Å². The van der Waals surface area contributed by atoms with Gasteiger partial charge < -0.3 is 49.6 Å². The maximum absolute atomic E-state index is 13.9.